The van der Waals surface area contributed by atoms with Crippen LogP contribution in [0.5, 0.6) is 0 Å². The van der Waals surface area contributed by atoms with E-state index in [1.54, 1.807) is 10.7 Å². The van der Waals surface area contributed by atoms with E-state index in [2.05, 4.69) is 10.1 Å². The van der Waals surface area contributed by atoms with Crippen molar-refractivity contribution in [3.8, 4) is 0 Å². The minimum atomic E-state index is -0.0225. The van der Waals surface area contributed by atoms with Gasteiger partial charge < -0.3 is 5.73 Å². The van der Waals surface area contributed by atoms with Gasteiger partial charge in [-0.05, 0) is 19.1 Å². The lowest BCUT2D eigenvalue weighted by Crippen LogP contribution is -2.13. The Hall–Kier alpha value is -1.91. The molecule has 14 heavy (non-hydrogen) atoms. The highest BCUT2D eigenvalue weighted by atomic mass is 15.3. The van der Waals surface area contributed by atoms with E-state index in [-0.39, 0.29) is 5.84 Å². The van der Waals surface area contributed by atoms with E-state index in [0.29, 0.717) is 5.69 Å². The highest BCUT2D eigenvalue weighted by Crippen LogP contribution is 2.15. The zero-order valence-corrected chi connectivity index (χ0v) is 8.07. The van der Waals surface area contributed by atoms with Gasteiger partial charge in [0.05, 0.1) is 5.69 Å². The second kappa shape index (κ2) is 2.80. The topological polar surface area (TPSA) is 80.6 Å². The van der Waals surface area contributed by atoms with Gasteiger partial charge in [0.25, 0.3) is 0 Å². The molecule has 0 saturated heterocycles. The van der Waals surface area contributed by atoms with Crippen LogP contribution in [0.25, 0.3) is 11.0 Å². The normalized spacial score (nSPS) is 10.7. The zero-order chi connectivity index (χ0) is 10.3. The molecule has 2 rings (SSSR count). The van der Waals surface area contributed by atoms with Crippen molar-refractivity contribution in [3.05, 3.63) is 23.5 Å². The molecule has 5 heteroatoms. The summed E-state index contributed by atoms with van der Waals surface area (Å²) in [6.07, 6.45) is 0. The number of aromatic nitrogens is 3. The lowest BCUT2D eigenvalue weighted by molar-refractivity contribution is 0.773. The average molecular weight is 189 g/mol. The van der Waals surface area contributed by atoms with Gasteiger partial charge in [-0.2, -0.15) is 5.10 Å². The molecule has 2 heterocycles. The number of amidine groups is 1. The van der Waals surface area contributed by atoms with Gasteiger partial charge >= 0.3 is 0 Å². The van der Waals surface area contributed by atoms with E-state index in [9.17, 15) is 0 Å². The van der Waals surface area contributed by atoms with Crippen LogP contribution in [0.1, 0.15) is 11.4 Å². The first-order chi connectivity index (χ1) is 6.59. The molecule has 5 nitrogen and oxygen atoms in total. The Morgan fingerprint density at radius 1 is 1.50 bits per heavy atom. The zero-order valence-electron chi connectivity index (χ0n) is 8.07. The summed E-state index contributed by atoms with van der Waals surface area (Å²) in [6, 6.07) is 3.63. The van der Waals surface area contributed by atoms with Crippen LogP contribution in [-0.4, -0.2) is 20.6 Å². The van der Waals surface area contributed by atoms with Crippen molar-refractivity contribution in [3.63, 3.8) is 0 Å². The van der Waals surface area contributed by atoms with Crippen LogP contribution in [0.4, 0.5) is 0 Å². The molecule has 0 aromatic carbocycles. The number of nitrogens with one attached hydrogen (secondary N) is 1. The van der Waals surface area contributed by atoms with Crippen LogP contribution in [0, 0.1) is 12.3 Å². The first-order valence-corrected chi connectivity index (χ1v) is 4.24. The van der Waals surface area contributed by atoms with Crippen LogP contribution < -0.4 is 5.73 Å². The first-order valence-electron chi connectivity index (χ1n) is 4.24. The second-order valence-electron chi connectivity index (χ2n) is 3.19. The van der Waals surface area contributed by atoms with Crippen molar-refractivity contribution in [1.82, 2.24) is 14.8 Å². The lowest BCUT2D eigenvalue weighted by atomic mass is 10.2. The van der Waals surface area contributed by atoms with Gasteiger partial charge in [0.2, 0.25) is 0 Å². The molecule has 3 N–H and O–H groups in total. The van der Waals surface area contributed by atoms with Crippen LogP contribution in [0.2, 0.25) is 0 Å². The van der Waals surface area contributed by atoms with E-state index < -0.39 is 0 Å². The molecule has 0 amide bonds. The van der Waals surface area contributed by atoms with E-state index in [0.717, 1.165) is 16.7 Å². The van der Waals surface area contributed by atoms with Gasteiger partial charge in [0.1, 0.15) is 11.5 Å². The molecule has 2 aromatic heterocycles. The summed E-state index contributed by atoms with van der Waals surface area (Å²) in [5.41, 5.74) is 7.53. The monoisotopic (exact) mass is 189 g/mol. The number of fused-ring (bicyclic) bond motifs is 1. The third-order valence-corrected chi connectivity index (χ3v) is 2.15. The molecule has 0 fully saturated rings. The maximum Gasteiger partial charge on any atom is 0.158 e. The molecule has 0 aliphatic heterocycles. The van der Waals surface area contributed by atoms with Gasteiger partial charge in [-0.1, -0.05) is 0 Å². The molecular formula is C9H11N5. The number of hydrogen-bond donors (Lipinski definition) is 2. The van der Waals surface area contributed by atoms with Crippen molar-refractivity contribution >= 4 is 16.9 Å². The summed E-state index contributed by atoms with van der Waals surface area (Å²) in [5, 5.41) is 12.5. The molecule has 0 bridgehead atoms. The molecule has 0 atom stereocenters. The predicted octanol–water partition coefficient (Wildman–Crippen LogP) is 0.561. The Bertz CT molecular complexity index is 511. The molecule has 0 saturated carbocycles. The molecule has 0 aliphatic rings. The number of hydrogen-bond acceptors (Lipinski definition) is 3. The maximum atomic E-state index is 7.27. The SMILES string of the molecule is Cc1nn(C)c2nc(C(=N)N)ccc12. The fraction of sp³-hybridized carbons (Fsp3) is 0.222. The first kappa shape index (κ1) is 8.68. The minimum Gasteiger partial charge on any atom is -0.382 e. The van der Waals surface area contributed by atoms with Crippen molar-refractivity contribution in [1.29, 1.82) is 5.41 Å². The highest BCUT2D eigenvalue weighted by molar-refractivity contribution is 5.95. The van der Waals surface area contributed by atoms with Crippen molar-refractivity contribution in [2.45, 2.75) is 6.92 Å². The second-order valence-corrected chi connectivity index (χ2v) is 3.19. The number of nitrogen functional groups attached to an aromatic ring is 1. The molecule has 0 spiro atoms. The number of nitrogens with zero attached hydrogens (tertiary/aromatic N) is 3. The van der Waals surface area contributed by atoms with E-state index in [4.69, 9.17) is 11.1 Å². The van der Waals surface area contributed by atoms with Crippen molar-refractivity contribution < 1.29 is 0 Å². The molecule has 0 radical (unpaired) electrons. The molecule has 0 aliphatic carbocycles. The van der Waals surface area contributed by atoms with Gasteiger partial charge in [-0.3, -0.25) is 10.1 Å². The Morgan fingerprint density at radius 3 is 2.86 bits per heavy atom. The van der Waals surface area contributed by atoms with Crippen LogP contribution in [0.15, 0.2) is 12.1 Å². The summed E-state index contributed by atoms with van der Waals surface area (Å²) in [4.78, 5) is 4.25. The average Bonchev–Trinajstić information content (AvgIpc) is 2.42. The maximum absolute atomic E-state index is 7.27. The molecule has 0 unspecified atom stereocenters. The smallest absolute Gasteiger partial charge is 0.158 e. The highest BCUT2D eigenvalue weighted by Gasteiger charge is 2.07. The Morgan fingerprint density at radius 2 is 2.21 bits per heavy atom. The summed E-state index contributed by atoms with van der Waals surface area (Å²) in [6.45, 7) is 1.93. The van der Waals surface area contributed by atoms with E-state index in [1.165, 1.54) is 0 Å². The fourth-order valence-electron chi connectivity index (χ4n) is 1.45. The van der Waals surface area contributed by atoms with E-state index >= 15 is 0 Å². The largest absolute Gasteiger partial charge is 0.382 e. The third-order valence-electron chi connectivity index (χ3n) is 2.15. The number of nitrogens with two attached hydrogens (primary N) is 1. The fourth-order valence-corrected chi connectivity index (χ4v) is 1.45. The Balaban J connectivity index is 2.77. The summed E-state index contributed by atoms with van der Waals surface area (Å²) < 4.78 is 1.69. The van der Waals surface area contributed by atoms with E-state index in [1.807, 2.05) is 20.0 Å². The third kappa shape index (κ3) is 1.14. The van der Waals surface area contributed by atoms with Gasteiger partial charge in [-0.15, -0.1) is 0 Å². The van der Waals surface area contributed by atoms with Crippen LogP contribution in [0.3, 0.4) is 0 Å². The molecule has 72 valence electrons. The van der Waals surface area contributed by atoms with Gasteiger partial charge in [0.15, 0.2) is 5.65 Å². The Labute approximate surface area is 81.1 Å². The van der Waals surface area contributed by atoms with Crippen LogP contribution >= 0.6 is 0 Å². The Kier molecular flexibility index (Phi) is 1.73. The minimum absolute atomic E-state index is 0.0225. The van der Waals surface area contributed by atoms with Crippen LogP contribution in [-0.2, 0) is 7.05 Å². The van der Waals surface area contributed by atoms with Gasteiger partial charge in [0, 0.05) is 12.4 Å². The molecular weight excluding hydrogens is 178 g/mol. The lowest BCUT2D eigenvalue weighted by Gasteiger charge is -1.98. The molecule has 2 aromatic rings. The van der Waals surface area contributed by atoms with Gasteiger partial charge in [-0.25, -0.2) is 4.98 Å². The van der Waals surface area contributed by atoms with Crippen molar-refractivity contribution in [2.24, 2.45) is 12.8 Å². The number of aryl methyl sites for hydroxylation is 2. The number of rotatable bonds is 1. The summed E-state index contributed by atoms with van der Waals surface area (Å²) in [7, 11) is 1.83. The standard InChI is InChI=1S/C9H11N5/c1-5-6-3-4-7(8(10)11)12-9(6)14(2)13-5/h3-4H,1-2H3,(H3,10,11). The number of pyridine rings is 1. The predicted molar refractivity (Wildman–Crippen MR) is 54.3 cm³/mol. The summed E-state index contributed by atoms with van der Waals surface area (Å²) >= 11 is 0. The van der Waals surface area contributed by atoms with Crippen molar-refractivity contribution in [2.75, 3.05) is 0 Å². The summed E-state index contributed by atoms with van der Waals surface area (Å²) in [5.74, 6) is -0.0225. The quantitative estimate of drug-likeness (QED) is 0.508.